The molecule has 0 atom stereocenters. The van der Waals surface area contributed by atoms with Crippen molar-refractivity contribution in [3.63, 3.8) is 0 Å². The molecule has 0 aliphatic carbocycles. The third kappa shape index (κ3) is 6.40. The maximum absolute atomic E-state index is 12.4. The molecule has 0 unspecified atom stereocenters. The zero-order valence-electron chi connectivity index (χ0n) is 17.8. The van der Waals surface area contributed by atoms with Gasteiger partial charge in [-0.15, -0.1) is 0 Å². The summed E-state index contributed by atoms with van der Waals surface area (Å²) in [5, 5.41) is 0. The summed E-state index contributed by atoms with van der Waals surface area (Å²) in [5.41, 5.74) is 2.15. The molecule has 3 rings (SSSR count). The van der Waals surface area contributed by atoms with Gasteiger partial charge in [0.25, 0.3) is 0 Å². The Morgan fingerprint density at radius 2 is 1.71 bits per heavy atom. The molecule has 1 aromatic rings. The van der Waals surface area contributed by atoms with Gasteiger partial charge in [0.2, 0.25) is 0 Å². The largest absolute Gasteiger partial charge is 0.494 e. The van der Waals surface area contributed by atoms with E-state index in [1.165, 1.54) is 43.5 Å². The topological polar surface area (TPSA) is 42.0 Å². The number of hydrogen-bond acceptors (Lipinski definition) is 4. The van der Waals surface area contributed by atoms with Crippen LogP contribution in [0.25, 0.3) is 0 Å². The van der Waals surface area contributed by atoms with Crippen LogP contribution in [0.2, 0.25) is 0 Å². The fourth-order valence-electron chi connectivity index (χ4n) is 3.96. The second kappa shape index (κ2) is 9.64. The zero-order chi connectivity index (χ0) is 20.0. The van der Waals surface area contributed by atoms with E-state index in [0.717, 1.165) is 38.2 Å². The lowest BCUT2D eigenvalue weighted by Gasteiger charge is -2.26. The van der Waals surface area contributed by atoms with Crippen molar-refractivity contribution in [2.75, 3.05) is 39.3 Å². The van der Waals surface area contributed by atoms with E-state index in [1.54, 1.807) is 0 Å². The molecule has 0 N–H and O–H groups in total. The smallest absolute Gasteiger partial charge is 0.410 e. The molecule has 2 aliphatic rings. The van der Waals surface area contributed by atoms with Gasteiger partial charge < -0.3 is 19.3 Å². The second-order valence-corrected chi connectivity index (χ2v) is 9.00. The molecule has 0 aromatic heterocycles. The lowest BCUT2D eigenvalue weighted by molar-refractivity contribution is 0.0258. The van der Waals surface area contributed by atoms with Gasteiger partial charge in [-0.25, -0.2) is 4.79 Å². The van der Waals surface area contributed by atoms with Gasteiger partial charge in [0.15, 0.2) is 0 Å². The van der Waals surface area contributed by atoms with Crippen molar-refractivity contribution in [1.82, 2.24) is 9.80 Å². The number of fused-ring (bicyclic) bond motifs is 1. The van der Waals surface area contributed by atoms with Crippen LogP contribution in [0.1, 0.15) is 57.6 Å². The first kappa shape index (κ1) is 21.0. The molecular weight excluding hydrogens is 352 g/mol. The summed E-state index contributed by atoms with van der Waals surface area (Å²) in [6, 6.07) is 6.39. The number of amides is 1. The molecule has 5 nitrogen and oxygen atoms in total. The van der Waals surface area contributed by atoms with E-state index in [-0.39, 0.29) is 6.09 Å². The highest BCUT2D eigenvalue weighted by Gasteiger charge is 2.24. The summed E-state index contributed by atoms with van der Waals surface area (Å²) in [6.45, 7) is 11.5. The molecule has 5 heteroatoms. The van der Waals surface area contributed by atoms with Crippen LogP contribution in [0.3, 0.4) is 0 Å². The number of carbonyl (C=O) groups excluding carboxylic acids is 1. The van der Waals surface area contributed by atoms with Gasteiger partial charge in [0, 0.05) is 19.6 Å². The number of rotatable bonds is 5. The van der Waals surface area contributed by atoms with E-state index in [2.05, 4.69) is 23.1 Å². The highest BCUT2D eigenvalue weighted by molar-refractivity contribution is 5.68. The highest BCUT2D eigenvalue weighted by Crippen LogP contribution is 2.23. The summed E-state index contributed by atoms with van der Waals surface area (Å²) < 4.78 is 11.5. The Hall–Kier alpha value is -1.75. The van der Waals surface area contributed by atoms with Crippen LogP contribution >= 0.6 is 0 Å². The van der Waals surface area contributed by atoms with Crippen molar-refractivity contribution in [2.24, 2.45) is 0 Å². The van der Waals surface area contributed by atoms with Crippen LogP contribution in [0, 0.1) is 0 Å². The van der Waals surface area contributed by atoms with Gasteiger partial charge in [-0.3, -0.25) is 0 Å². The van der Waals surface area contributed by atoms with Crippen LogP contribution in [0.4, 0.5) is 4.79 Å². The number of nitrogens with zero attached hydrogens (tertiary/aromatic N) is 2. The maximum Gasteiger partial charge on any atom is 0.410 e. The van der Waals surface area contributed by atoms with E-state index >= 15 is 0 Å². The predicted molar refractivity (Wildman–Crippen MR) is 112 cm³/mol. The summed E-state index contributed by atoms with van der Waals surface area (Å²) >= 11 is 0. The number of carbonyl (C=O) groups is 1. The average Bonchev–Trinajstić information content (AvgIpc) is 2.87. The standard InChI is InChI=1S/C23H36N2O3/c1-23(2,3)28-22(26)25-15-10-19-8-9-21(18-20(19)11-16-25)27-17-7-14-24-12-5-4-6-13-24/h8-9,18H,4-7,10-17H2,1-3H3. The molecule has 2 aliphatic heterocycles. The molecule has 1 fully saturated rings. The van der Waals surface area contributed by atoms with Gasteiger partial charge in [0.05, 0.1) is 6.61 Å². The van der Waals surface area contributed by atoms with Crippen LogP contribution < -0.4 is 4.74 Å². The van der Waals surface area contributed by atoms with Crippen LogP contribution in [-0.4, -0.2) is 60.8 Å². The van der Waals surface area contributed by atoms with Crippen molar-refractivity contribution in [2.45, 2.75) is 64.9 Å². The first-order valence-corrected chi connectivity index (χ1v) is 10.9. The minimum Gasteiger partial charge on any atom is -0.494 e. The Bertz CT molecular complexity index is 648. The van der Waals surface area contributed by atoms with Gasteiger partial charge in [0.1, 0.15) is 11.4 Å². The molecule has 0 bridgehead atoms. The molecule has 28 heavy (non-hydrogen) atoms. The lowest BCUT2D eigenvalue weighted by atomic mass is 10.0. The SMILES string of the molecule is CC(C)(C)OC(=O)N1CCc2ccc(OCCCN3CCCCC3)cc2CC1. The molecule has 1 saturated heterocycles. The van der Waals surface area contributed by atoms with Gasteiger partial charge >= 0.3 is 6.09 Å². The Morgan fingerprint density at radius 1 is 1.00 bits per heavy atom. The van der Waals surface area contributed by atoms with E-state index < -0.39 is 5.60 Å². The van der Waals surface area contributed by atoms with E-state index in [9.17, 15) is 4.79 Å². The summed E-state index contributed by atoms with van der Waals surface area (Å²) in [4.78, 5) is 16.7. The van der Waals surface area contributed by atoms with Crippen LogP contribution in [-0.2, 0) is 17.6 Å². The monoisotopic (exact) mass is 388 g/mol. The first-order valence-electron chi connectivity index (χ1n) is 10.9. The summed E-state index contributed by atoms with van der Waals surface area (Å²) in [6.07, 6.45) is 6.63. The van der Waals surface area contributed by atoms with E-state index in [0.29, 0.717) is 13.1 Å². The van der Waals surface area contributed by atoms with Crippen molar-refractivity contribution >= 4 is 6.09 Å². The fourth-order valence-corrected chi connectivity index (χ4v) is 3.96. The first-order chi connectivity index (χ1) is 13.4. The zero-order valence-corrected chi connectivity index (χ0v) is 17.8. The predicted octanol–water partition coefficient (Wildman–Crippen LogP) is 4.28. The van der Waals surface area contributed by atoms with Crippen molar-refractivity contribution in [3.05, 3.63) is 29.3 Å². The molecular formula is C23H36N2O3. The molecule has 0 radical (unpaired) electrons. The number of likely N-dealkylation sites (tertiary alicyclic amines) is 1. The van der Waals surface area contributed by atoms with E-state index in [1.807, 2.05) is 25.7 Å². The minimum absolute atomic E-state index is 0.213. The third-order valence-electron chi connectivity index (χ3n) is 5.47. The minimum atomic E-state index is -0.453. The number of ether oxygens (including phenoxy) is 2. The number of hydrogen-bond donors (Lipinski definition) is 0. The average molecular weight is 389 g/mol. The van der Waals surface area contributed by atoms with Crippen LogP contribution in [0.5, 0.6) is 5.75 Å². The summed E-state index contributed by atoms with van der Waals surface area (Å²) in [5.74, 6) is 0.947. The normalized spacial score (nSPS) is 18.3. The highest BCUT2D eigenvalue weighted by atomic mass is 16.6. The van der Waals surface area contributed by atoms with Gasteiger partial charge in [-0.1, -0.05) is 12.5 Å². The Morgan fingerprint density at radius 3 is 2.43 bits per heavy atom. The van der Waals surface area contributed by atoms with Crippen molar-refractivity contribution in [3.8, 4) is 5.75 Å². The molecule has 1 aromatic carbocycles. The Kier molecular flexibility index (Phi) is 7.22. The molecule has 0 saturated carbocycles. The molecule has 156 valence electrons. The maximum atomic E-state index is 12.4. The quantitative estimate of drug-likeness (QED) is 0.706. The second-order valence-electron chi connectivity index (χ2n) is 9.00. The number of benzene rings is 1. The van der Waals surface area contributed by atoms with Crippen molar-refractivity contribution < 1.29 is 14.3 Å². The fraction of sp³-hybridized carbons (Fsp3) is 0.696. The van der Waals surface area contributed by atoms with Crippen molar-refractivity contribution in [1.29, 1.82) is 0 Å². The molecule has 0 spiro atoms. The lowest BCUT2D eigenvalue weighted by Crippen LogP contribution is -2.38. The molecule has 1 amide bonds. The van der Waals surface area contributed by atoms with E-state index in [4.69, 9.17) is 9.47 Å². The van der Waals surface area contributed by atoms with Crippen LogP contribution in [0.15, 0.2) is 18.2 Å². The number of piperidine rings is 1. The van der Waals surface area contributed by atoms with Gasteiger partial charge in [-0.2, -0.15) is 0 Å². The summed E-state index contributed by atoms with van der Waals surface area (Å²) in [7, 11) is 0. The Labute approximate surface area is 170 Å². The molecule has 2 heterocycles. The van der Waals surface area contributed by atoms with Gasteiger partial charge in [-0.05, 0) is 89.2 Å². The third-order valence-corrected chi connectivity index (χ3v) is 5.47. The Balaban J connectivity index is 1.47.